The maximum absolute atomic E-state index is 12.7. The van der Waals surface area contributed by atoms with Crippen LogP contribution in [-0.2, 0) is 15.7 Å². The lowest BCUT2D eigenvalue weighted by atomic mass is 10.2. The Morgan fingerprint density at radius 2 is 1.88 bits per heavy atom. The van der Waals surface area contributed by atoms with Gasteiger partial charge in [0.15, 0.2) is 0 Å². The molecule has 0 aromatic heterocycles. The number of hydrogen-bond acceptors (Lipinski definition) is 6. The monoisotopic (exact) mass is 416 g/mol. The molecule has 0 saturated heterocycles. The number of azo groups is 1. The second-order valence-corrected chi connectivity index (χ2v) is 6.12. The molecule has 138 valence electrons. The third kappa shape index (κ3) is 6.09. The van der Waals surface area contributed by atoms with Gasteiger partial charge in [0.05, 0.1) is 28.0 Å². The summed E-state index contributed by atoms with van der Waals surface area (Å²) in [7, 11) is 0. The highest BCUT2D eigenvalue weighted by molar-refractivity contribution is 7.98. The summed E-state index contributed by atoms with van der Waals surface area (Å²) in [5, 5.41) is 16.2. The Morgan fingerprint density at radius 1 is 1.32 bits per heavy atom. The first-order valence-corrected chi connectivity index (χ1v) is 8.82. The maximum atomic E-state index is 12.7. The van der Waals surface area contributed by atoms with E-state index >= 15 is 0 Å². The molecule has 0 radical (unpaired) electrons. The molecule has 0 fully saturated rings. The van der Waals surface area contributed by atoms with Gasteiger partial charge in [0.1, 0.15) is 11.4 Å². The van der Waals surface area contributed by atoms with Crippen molar-refractivity contribution in [1.82, 2.24) is 0 Å². The summed E-state index contributed by atoms with van der Waals surface area (Å²) >= 11 is 12.7. The van der Waals surface area contributed by atoms with Crippen LogP contribution in [0, 0.1) is 0 Å². The number of ether oxygens (including phenoxy) is 1. The highest BCUT2D eigenvalue weighted by atomic mass is 35.5. The number of carbonyl (C=O) groups is 1. The zero-order valence-electron chi connectivity index (χ0n) is 13.0. The van der Waals surface area contributed by atoms with Crippen molar-refractivity contribution in [1.29, 1.82) is 0 Å². The normalized spacial score (nSPS) is 13.1. The average Bonchev–Trinajstić information content (AvgIpc) is 2.49. The van der Waals surface area contributed by atoms with E-state index in [-0.39, 0.29) is 18.0 Å². The zero-order valence-corrected chi connectivity index (χ0v) is 15.4. The molecular formula is C14H13Cl2F3N2O3S. The fraction of sp³-hybridized carbons (Fsp3) is 0.357. The summed E-state index contributed by atoms with van der Waals surface area (Å²) in [6, 6.07) is 1.27. The first kappa shape index (κ1) is 21.6. The second kappa shape index (κ2) is 9.30. The summed E-state index contributed by atoms with van der Waals surface area (Å²) in [4.78, 5) is 11.8. The van der Waals surface area contributed by atoms with Gasteiger partial charge in [0.2, 0.25) is 5.70 Å². The van der Waals surface area contributed by atoms with Crippen LogP contribution < -0.4 is 0 Å². The van der Waals surface area contributed by atoms with Gasteiger partial charge >= 0.3 is 12.1 Å². The number of benzene rings is 1. The summed E-state index contributed by atoms with van der Waals surface area (Å²) in [5.74, 6) is -1.27. The van der Waals surface area contributed by atoms with Crippen LogP contribution in [0.25, 0.3) is 0 Å². The average molecular weight is 417 g/mol. The topological polar surface area (TPSA) is 71.2 Å². The van der Waals surface area contributed by atoms with E-state index in [1.165, 1.54) is 11.8 Å². The van der Waals surface area contributed by atoms with Crippen LogP contribution in [-0.4, -0.2) is 29.7 Å². The molecule has 0 aliphatic heterocycles. The Kier molecular flexibility index (Phi) is 8.04. The standard InChI is InChI=1S/C14H13Cl2F3N2O3S/c1-3-24-13(23)12(10(22)6-25-2)21-20-11-8(15)4-7(5-9(11)16)14(17,18)19/h4-5,22H,3,6H2,1-2H3. The van der Waals surface area contributed by atoms with Crippen molar-refractivity contribution in [3.8, 4) is 0 Å². The van der Waals surface area contributed by atoms with Gasteiger partial charge in [-0.1, -0.05) is 23.2 Å². The van der Waals surface area contributed by atoms with Crippen molar-refractivity contribution in [2.45, 2.75) is 13.1 Å². The predicted molar refractivity (Wildman–Crippen MR) is 90.6 cm³/mol. The molecule has 5 nitrogen and oxygen atoms in total. The first-order chi connectivity index (χ1) is 11.6. The number of nitrogens with zero attached hydrogens (tertiary/aromatic N) is 2. The maximum Gasteiger partial charge on any atom is 0.416 e. The van der Waals surface area contributed by atoms with Gasteiger partial charge in [-0.2, -0.15) is 24.9 Å². The Hall–Kier alpha value is -1.45. The van der Waals surface area contributed by atoms with E-state index in [2.05, 4.69) is 10.2 Å². The summed E-state index contributed by atoms with van der Waals surface area (Å²) < 4.78 is 42.8. The molecule has 1 aromatic carbocycles. The Balaban J connectivity index is 3.29. The Labute approximate surface area is 155 Å². The van der Waals surface area contributed by atoms with Gasteiger partial charge in [0, 0.05) is 0 Å². The molecule has 0 heterocycles. The number of aliphatic hydroxyl groups excluding tert-OH is 1. The van der Waals surface area contributed by atoms with E-state index in [9.17, 15) is 23.1 Å². The fourth-order valence-corrected chi connectivity index (χ4v) is 2.52. The molecule has 0 atom stereocenters. The molecule has 1 aromatic rings. The van der Waals surface area contributed by atoms with Gasteiger partial charge < -0.3 is 9.84 Å². The summed E-state index contributed by atoms with van der Waals surface area (Å²) in [6.45, 7) is 1.59. The molecule has 1 N–H and O–H groups in total. The van der Waals surface area contributed by atoms with Gasteiger partial charge in [-0.3, -0.25) is 0 Å². The minimum Gasteiger partial charge on any atom is -0.509 e. The lowest BCUT2D eigenvalue weighted by Crippen LogP contribution is -2.09. The molecule has 25 heavy (non-hydrogen) atoms. The van der Waals surface area contributed by atoms with Crippen LogP contribution in [0.5, 0.6) is 0 Å². The highest BCUT2D eigenvalue weighted by Crippen LogP contribution is 2.40. The molecule has 0 bridgehead atoms. The van der Waals surface area contributed by atoms with Crippen molar-refractivity contribution in [2.24, 2.45) is 10.2 Å². The molecule has 1 rings (SSSR count). The smallest absolute Gasteiger partial charge is 0.416 e. The number of carbonyl (C=O) groups excluding carboxylic acids is 1. The number of alkyl halides is 3. The lowest BCUT2D eigenvalue weighted by molar-refractivity contribution is -0.139. The van der Waals surface area contributed by atoms with Crippen LogP contribution in [0.2, 0.25) is 10.0 Å². The van der Waals surface area contributed by atoms with Crippen molar-refractivity contribution in [2.75, 3.05) is 18.6 Å². The van der Waals surface area contributed by atoms with Gasteiger partial charge in [-0.15, -0.1) is 10.2 Å². The van der Waals surface area contributed by atoms with Gasteiger partial charge in [-0.05, 0) is 25.3 Å². The van der Waals surface area contributed by atoms with Crippen LogP contribution >= 0.6 is 35.0 Å². The second-order valence-electron chi connectivity index (χ2n) is 4.44. The third-order valence-corrected chi connectivity index (χ3v) is 3.76. The fourth-order valence-electron chi connectivity index (χ4n) is 1.55. The van der Waals surface area contributed by atoms with Gasteiger partial charge in [-0.25, -0.2) is 4.79 Å². The lowest BCUT2D eigenvalue weighted by Gasteiger charge is -2.09. The number of thioether (sulfide) groups is 1. The van der Waals surface area contributed by atoms with E-state index in [4.69, 9.17) is 27.9 Å². The minimum atomic E-state index is -4.63. The number of hydrogen-bond donors (Lipinski definition) is 1. The van der Waals surface area contributed by atoms with Crippen LogP contribution in [0.4, 0.5) is 18.9 Å². The van der Waals surface area contributed by atoms with Crippen molar-refractivity contribution >= 4 is 46.6 Å². The van der Waals surface area contributed by atoms with Crippen molar-refractivity contribution in [3.63, 3.8) is 0 Å². The molecule has 0 unspecified atom stereocenters. The largest absolute Gasteiger partial charge is 0.509 e. The number of esters is 1. The van der Waals surface area contributed by atoms with E-state index in [1.54, 1.807) is 13.2 Å². The number of rotatable bonds is 6. The zero-order chi connectivity index (χ0) is 19.2. The molecular weight excluding hydrogens is 404 g/mol. The molecule has 0 aliphatic rings. The van der Waals surface area contributed by atoms with E-state index in [0.29, 0.717) is 12.1 Å². The summed E-state index contributed by atoms with van der Waals surface area (Å²) in [5.41, 5.74) is -1.80. The molecule has 11 heteroatoms. The quantitative estimate of drug-likeness (QED) is 0.275. The number of halogens is 5. The van der Waals surface area contributed by atoms with Crippen molar-refractivity contribution < 1.29 is 27.8 Å². The van der Waals surface area contributed by atoms with Crippen LogP contribution in [0.1, 0.15) is 12.5 Å². The van der Waals surface area contributed by atoms with E-state index < -0.39 is 39.2 Å². The Morgan fingerprint density at radius 3 is 2.32 bits per heavy atom. The third-order valence-electron chi connectivity index (χ3n) is 2.62. The molecule has 0 saturated carbocycles. The Bertz CT molecular complexity index is 686. The molecule has 0 amide bonds. The van der Waals surface area contributed by atoms with Crippen molar-refractivity contribution in [3.05, 3.63) is 39.2 Å². The summed E-state index contributed by atoms with van der Waals surface area (Å²) in [6.07, 6.45) is -2.95. The van der Waals surface area contributed by atoms with Crippen LogP contribution in [0.15, 0.2) is 33.8 Å². The molecule has 0 aliphatic carbocycles. The first-order valence-electron chi connectivity index (χ1n) is 6.67. The van der Waals surface area contributed by atoms with Crippen LogP contribution in [0.3, 0.4) is 0 Å². The predicted octanol–water partition coefficient (Wildman–Crippen LogP) is 5.79. The number of aliphatic hydroxyl groups is 1. The SMILES string of the molecule is CCOC(=O)C(N=Nc1c(Cl)cc(C(F)(F)F)cc1Cl)=C(O)CSC. The molecule has 0 spiro atoms. The minimum absolute atomic E-state index is 0.0339. The van der Waals surface area contributed by atoms with E-state index in [1.807, 2.05) is 0 Å². The van der Waals surface area contributed by atoms with E-state index in [0.717, 1.165) is 0 Å². The highest BCUT2D eigenvalue weighted by Gasteiger charge is 2.32. The van der Waals surface area contributed by atoms with Gasteiger partial charge in [0.25, 0.3) is 0 Å².